The van der Waals surface area contributed by atoms with Crippen LogP contribution in [0.15, 0.2) is 66.1 Å². The zero-order valence-corrected chi connectivity index (χ0v) is 13.9. The van der Waals surface area contributed by atoms with Crippen LogP contribution in [-0.4, -0.2) is 27.1 Å². The third kappa shape index (κ3) is 4.13. The van der Waals surface area contributed by atoms with E-state index in [1.54, 1.807) is 18.1 Å². The van der Waals surface area contributed by atoms with Gasteiger partial charge in [-0.2, -0.15) is 0 Å². The first-order chi connectivity index (χ1) is 11.3. The van der Waals surface area contributed by atoms with Crippen LogP contribution in [0.25, 0.3) is 5.69 Å². The van der Waals surface area contributed by atoms with Crippen molar-refractivity contribution in [2.75, 3.05) is 12.4 Å². The molecule has 0 atom stereocenters. The number of aromatic nitrogens is 3. The molecule has 0 fully saturated rings. The van der Waals surface area contributed by atoms with E-state index in [9.17, 15) is 0 Å². The normalized spacial score (nSPS) is 10.7. The highest BCUT2D eigenvalue weighted by Crippen LogP contribution is 2.22. The van der Waals surface area contributed by atoms with Gasteiger partial charge in [-0.3, -0.25) is 4.57 Å². The van der Waals surface area contributed by atoms with Gasteiger partial charge in [0.15, 0.2) is 5.16 Å². The van der Waals surface area contributed by atoms with Crippen LogP contribution in [0.4, 0.5) is 0 Å². The SMILES string of the molecule is Cc1ccccc1-n1cnnc1SCCCOc1ccccc1. The number of para-hydroxylation sites is 2. The van der Waals surface area contributed by atoms with Crippen LogP contribution in [0.3, 0.4) is 0 Å². The first kappa shape index (κ1) is 15.6. The number of aryl methyl sites for hydroxylation is 1. The van der Waals surface area contributed by atoms with Gasteiger partial charge in [0.25, 0.3) is 0 Å². The maximum absolute atomic E-state index is 5.70. The van der Waals surface area contributed by atoms with Gasteiger partial charge in [0, 0.05) is 5.75 Å². The fourth-order valence-electron chi connectivity index (χ4n) is 2.25. The van der Waals surface area contributed by atoms with Gasteiger partial charge in [-0.25, -0.2) is 0 Å². The lowest BCUT2D eigenvalue weighted by Gasteiger charge is -2.09. The highest BCUT2D eigenvalue weighted by Gasteiger charge is 2.08. The highest BCUT2D eigenvalue weighted by molar-refractivity contribution is 7.99. The van der Waals surface area contributed by atoms with Crippen LogP contribution in [-0.2, 0) is 0 Å². The highest BCUT2D eigenvalue weighted by atomic mass is 32.2. The fourth-order valence-corrected chi connectivity index (χ4v) is 3.09. The molecule has 0 aliphatic heterocycles. The van der Waals surface area contributed by atoms with Gasteiger partial charge in [0.05, 0.1) is 12.3 Å². The van der Waals surface area contributed by atoms with E-state index in [-0.39, 0.29) is 0 Å². The molecule has 0 saturated heterocycles. The van der Waals surface area contributed by atoms with E-state index in [2.05, 4.69) is 29.3 Å². The van der Waals surface area contributed by atoms with E-state index in [1.807, 2.05) is 47.0 Å². The minimum Gasteiger partial charge on any atom is -0.494 e. The van der Waals surface area contributed by atoms with Crippen molar-refractivity contribution in [3.8, 4) is 11.4 Å². The Labute approximate surface area is 140 Å². The lowest BCUT2D eigenvalue weighted by Crippen LogP contribution is -2.01. The van der Waals surface area contributed by atoms with Crippen LogP contribution >= 0.6 is 11.8 Å². The molecular formula is C18H19N3OS. The number of hydrogen-bond acceptors (Lipinski definition) is 4. The Morgan fingerprint density at radius 1 is 1.04 bits per heavy atom. The van der Waals surface area contributed by atoms with E-state index in [0.29, 0.717) is 6.61 Å². The van der Waals surface area contributed by atoms with Gasteiger partial charge in [-0.1, -0.05) is 48.2 Å². The Balaban J connectivity index is 1.52. The Kier molecular flexibility index (Phi) is 5.32. The summed E-state index contributed by atoms with van der Waals surface area (Å²) in [4.78, 5) is 0. The van der Waals surface area contributed by atoms with Crippen molar-refractivity contribution in [2.45, 2.75) is 18.5 Å². The predicted molar refractivity (Wildman–Crippen MR) is 93.4 cm³/mol. The maximum Gasteiger partial charge on any atom is 0.195 e. The van der Waals surface area contributed by atoms with Crippen molar-refractivity contribution < 1.29 is 4.74 Å². The second kappa shape index (κ2) is 7.83. The molecule has 1 aromatic heterocycles. The number of ether oxygens (including phenoxy) is 1. The number of rotatable bonds is 7. The molecule has 118 valence electrons. The molecule has 0 radical (unpaired) electrons. The van der Waals surface area contributed by atoms with Crippen LogP contribution in [0.5, 0.6) is 5.75 Å². The molecule has 23 heavy (non-hydrogen) atoms. The number of thioether (sulfide) groups is 1. The third-order valence-corrected chi connectivity index (χ3v) is 4.45. The topological polar surface area (TPSA) is 39.9 Å². The maximum atomic E-state index is 5.70. The van der Waals surface area contributed by atoms with Crippen molar-refractivity contribution in [1.29, 1.82) is 0 Å². The molecule has 0 N–H and O–H groups in total. The number of nitrogens with zero attached hydrogens (tertiary/aromatic N) is 3. The van der Waals surface area contributed by atoms with Gasteiger partial charge < -0.3 is 4.74 Å². The van der Waals surface area contributed by atoms with E-state index in [1.165, 1.54) is 5.56 Å². The van der Waals surface area contributed by atoms with Crippen molar-refractivity contribution in [1.82, 2.24) is 14.8 Å². The smallest absolute Gasteiger partial charge is 0.195 e. The second-order valence-corrected chi connectivity index (χ2v) is 6.20. The largest absolute Gasteiger partial charge is 0.494 e. The molecule has 3 aromatic rings. The summed E-state index contributed by atoms with van der Waals surface area (Å²) in [5.41, 5.74) is 2.34. The van der Waals surface area contributed by atoms with Gasteiger partial charge in [-0.05, 0) is 37.1 Å². The van der Waals surface area contributed by atoms with Crippen LogP contribution in [0, 0.1) is 6.92 Å². The van der Waals surface area contributed by atoms with Crippen molar-refractivity contribution in [2.24, 2.45) is 0 Å². The molecule has 0 spiro atoms. The molecule has 0 aliphatic rings. The summed E-state index contributed by atoms with van der Waals surface area (Å²) in [5, 5.41) is 9.19. The van der Waals surface area contributed by atoms with Gasteiger partial charge in [-0.15, -0.1) is 10.2 Å². The summed E-state index contributed by atoms with van der Waals surface area (Å²) in [6.45, 7) is 2.80. The zero-order chi connectivity index (χ0) is 15.9. The number of benzene rings is 2. The molecule has 2 aromatic carbocycles. The first-order valence-electron chi connectivity index (χ1n) is 7.61. The minimum absolute atomic E-state index is 0.704. The van der Waals surface area contributed by atoms with Crippen LogP contribution in [0.1, 0.15) is 12.0 Å². The fraction of sp³-hybridized carbons (Fsp3) is 0.222. The van der Waals surface area contributed by atoms with E-state index < -0.39 is 0 Å². The van der Waals surface area contributed by atoms with Crippen molar-refractivity contribution >= 4 is 11.8 Å². The summed E-state index contributed by atoms with van der Waals surface area (Å²) < 4.78 is 7.74. The standard InChI is InChI=1S/C18H19N3OS/c1-15-8-5-6-11-17(15)21-14-19-20-18(21)23-13-7-12-22-16-9-3-2-4-10-16/h2-6,8-11,14H,7,12-13H2,1H3. The molecule has 5 heteroatoms. The summed E-state index contributed by atoms with van der Waals surface area (Å²) in [5.74, 6) is 1.86. The minimum atomic E-state index is 0.704. The van der Waals surface area contributed by atoms with Gasteiger partial charge in [0.2, 0.25) is 0 Å². The van der Waals surface area contributed by atoms with E-state index in [0.717, 1.165) is 28.8 Å². The number of hydrogen-bond donors (Lipinski definition) is 0. The lowest BCUT2D eigenvalue weighted by molar-refractivity contribution is 0.318. The van der Waals surface area contributed by atoms with Crippen LogP contribution < -0.4 is 4.74 Å². The quantitative estimate of drug-likeness (QED) is 0.483. The monoisotopic (exact) mass is 325 g/mol. The lowest BCUT2D eigenvalue weighted by atomic mass is 10.2. The Bertz CT molecular complexity index is 743. The summed E-state index contributed by atoms with van der Waals surface area (Å²) in [6, 6.07) is 18.1. The third-order valence-electron chi connectivity index (χ3n) is 3.42. The summed E-state index contributed by atoms with van der Waals surface area (Å²) >= 11 is 1.70. The van der Waals surface area contributed by atoms with E-state index >= 15 is 0 Å². The molecular weight excluding hydrogens is 306 g/mol. The second-order valence-electron chi connectivity index (χ2n) is 5.13. The first-order valence-corrected chi connectivity index (χ1v) is 8.60. The molecule has 0 saturated carbocycles. The molecule has 1 heterocycles. The van der Waals surface area contributed by atoms with Crippen molar-refractivity contribution in [3.63, 3.8) is 0 Å². The van der Waals surface area contributed by atoms with Gasteiger partial charge >= 0.3 is 0 Å². The van der Waals surface area contributed by atoms with Gasteiger partial charge in [0.1, 0.15) is 12.1 Å². The molecule has 4 nitrogen and oxygen atoms in total. The molecule has 0 bridgehead atoms. The zero-order valence-electron chi connectivity index (χ0n) is 13.1. The summed E-state index contributed by atoms with van der Waals surface area (Å²) in [7, 11) is 0. The van der Waals surface area contributed by atoms with Crippen LogP contribution in [0.2, 0.25) is 0 Å². The average Bonchev–Trinajstić information content (AvgIpc) is 3.04. The Morgan fingerprint density at radius 3 is 2.65 bits per heavy atom. The molecule has 0 aliphatic carbocycles. The average molecular weight is 325 g/mol. The Hall–Kier alpha value is -2.27. The van der Waals surface area contributed by atoms with E-state index in [4.69, 9.17) is 4.74 Å². The van der Waals surface area contributed by atoms with Crippen molar-refractivity contribution in [3.05, 3.63) is 66.5 Å². The summed E-state index contributed by atoms with van der Waals surface area (Å²) in [6.07, 6.45) is 2.73. The predicted octanol–water partition coefficient (Wildman–Crippen LogP) is 4.14. The molecule has 3 rings (SSSR count). The Morgan fingerprint density at radius 2 is 1.83 bits per heavy atom. The molecule has 0 unspecified atom stereocenters. The molecule has 0 amide bonds.